The molecule has 1 aromatic carbocycles. The predicted octanol–water partition coefficient (Wildman–Crippen LogP) is 5.15. The summed E-state index contributed by atoms with van der Waals surface area (Å²) in [4.78, 5) is 0. The van der Waals surface area contributed by atoms with Crippen LogP contribution in [0.5, 0.6) is 0 Å². The zero-order valence-corrected chi connectivity index (χ0v) is 15.2. The van der Waals surface area contributed by atoms with Crippen molar-refractivity contribution >= 4 is 27.5 Å². The second kappa shape index (κ2) is 7.46. The number of alkyl halides is 1. The number of rotatable bonds is 6. The number of nitrogens with zero attached hydrogens (tertiary/aromatic N) is 2. The SMILES string of the molecule is CCc1nn(CC)c(CC(CBr)c2cccc(C)c2)c1Cl. The molecule has 0 aliphatic carbocycles. The minimum Gasteiger partial charge on any atom is -0.268 e. The summed E-state index contributed by atoms with van der Waals surface area (Å²) in [5.74, 6) is 0.411. The third kappa shape index (κ3) is 3.70. The first-order valence-electron chi connectivity index (χ1n) is 7.47. The molecule has 0 spiro atoms. The number of hydrogen-bond acceptors (Lipinski definition) is 1. The Kier molecular flexibility index (Phi) is 5.88. The van der Waals surface area contributed by atoms with Crippen molar-refractivity contribution in [1.82, 2.24) is 9.78 Å². The molecule has 0 saturated carbocycles. The monoisotopic (exact) mass is 368 g/mol. The second-order valence-corrected chi connectivity index (χ2v) is 6.37. The van der Waals surface area contributed by atoms with Crippen LogP contribution in [0.2, 0.25) is 5.02 Å². The predicted molar refractivity (Wildman–Crippen MR) is 93.7 cm³/mol. The van der Waals surface area contributed by atoms with E-state index < -0.39 is 0 Å². The first kappa shape index (κ1) is 16.6. The standard InChI is InChI=1S/C17H22BrClN2/c1-4-15-17(19)16(21(5-2)20-15)10-14(11-18)13-8-6-7-12(3)9-13/h6-9,14H,4-5,10-11H2,1-3H3. The highest BCUT2D eigenvalue weighted by Crippen LogP contribution is 2.29. The smallest absolute Gasteiger partial charge is 0.0850 e. The Labute approximate surface area is 140 Å². The molecule has 1 atom stereocenters. The van der Waals surface area contributed by atoms with Crippen LogP contribution in [0.15, 0.2) is 24.3 Å². The number of aryl methyl sites for hydroxylation is 3. The number of halogens is 2. The van der Waals surface area contributed by atoms with Crippen LogP contribution in [0, 0.1) is 6.92 Å². The maximum Gasteiger partial charge on any atom is 0.0850 e. The average Bonchev–Trinajstić information content (AvgIpc) is 2.80. The molecule has 2 nitrogen and oxygen atoms in total. The van der Waals surface area contributed by atoms with E-state index in [0.29, 0.717) is 5.92 Å². The van der Waals surface area contributed by atoms with Crippen LogP contribution in [-0.2, 0) is 19.4 Å². The summed E-state index contributed by atoms with van der Waals surface area (Å²) in [5, 5.41) is 6.38. The first-order valence-corrected chi connectivity index (χ1v) is 8.97. The third-order valence-electron chi connectivity index (χ3n) is 3.83. The van der Waals surface area contributed by atoms with Crippen LogP contribution < -0.4 is 0 Å². The lowest BCUT2D eigenvalue weighted by Crippen LogP contribution is -2.10. The van der Waals surface area contributed by atoms with E-state index in [4.69, 9.17) is 11.6 Å². The van der Waals surface area contributed by atoms with Gasteiger partial charge in [0.05, 0.1) is 16.4 Å². The largest absolute Gasteiger partial charge is 0.268 e. The number of hydrogen-bond donors (Lipinski definition) is 0. The molecule has 0 aliphatic heterocycles. The van der Waals surface area contributed by atoms with Crippen molar-refractivity contribution in [3.8, 4) is 0 Å². The summed E-state index contributed by atoms with van der Waals surface area (Å²) in [6.45, 7) is 7.20. The topological polar surface area (TPSA) is 17.8 Å². The van der Waals surface area contributed by atoms with E-state index in [2.05, 4.69) is 66.1 Å². The highest BCUT2D eigenvalue weighted by Gasteiger charge is 2.19. The zero-order chi connectivity index (χ0) is 15.4. The minimum absolute atomic E-state index is 0.411. The van der Waals surface area contributed by atoms with Crippen molar-refractivity contribution in [1.29, 1.82) is 0 Å². The van der Waals surface area contributed by atoms with Gasteiger partial charge in [0, 0.05) is 11.9 Å². The van der Waals surface area contributed by atoms with Gasteiger partial charge in [-0.2, -0.15) is 5.10 Å². The molecule has 114 valence electrons. The molecule has 1 heterocycles. The number of aromatic nitrogens is 2. The Morgan fingerprint density at radius 3 is 2.67 bits per heavy atom. The Balaban J connectivity index is 2.32. The summed E-state index contributed by atoms with van der Waals surface area (Å²) >= 11 is 10.2. The molecule has 4 heteroatoms. The van der Waals surface area contributed by atoms with E-state index >= 15 is 0 Å². The molecule has 2 rings (SSSR count). The van der Waals surface area contributed by atoms with Crippen LogP contribution in [0.1, 0.15) is 42.3 Å². The summed E-state index contributed by atoms with van der Waals surface area (Å²) < 4.78 is 2.05. The molecular formula is C17H22BrClN2. The lowest BCUT2D eigenvalue weighted by atomic mass is 9.94. The van der Waals surface area contributed by atoms with Gasteiger partial charge in [-0.05, 0) is 38.2 Å². The van der Waals surface area contributed by atoms with Gasteiger partial charge in [0.15, 0.2) is 0 Å². The summed E-state index contributed by atoms with van der Waals surface area (Å²) in [6, 6.07) is 8.71. The normalized spacial score (nSPS) is 12.6. The average molecular weight is 370 g/mol. The van der Waals surface area contributed by atoms with Gasteiger partial charge in [0.2, 0.25) is 0 Å². The number of benzene rings is 1. The third-order valence-corrected chi connectivity index (χ3v) is 5.05. The van der Waals surface area contributed by atoms with Gasteiger partial charge >= 0.3 is 0 Å². The molecule has 0 bridgehead atoms. The van der Waals surface area contributed by atoms with Crippen LogP contribution in [-0.4, -0.2) is 15.1 Å². The highest BCUT2D eigenvalue weighted by molar-refractivity contribution is 9.09. The van der Waals surface area contributed by atoms with E-state index in [1.54, 1.807) is 0 Å². The fourth-order valence-electron chi connectivity index (χ4n) is 2.63. The van der Waals surface area contributed by atoms with Crippen molar-refractivity contribution in [2.24, 2.45) is 0 Å². The minimum atomic E-state index is 0.411. The van der Waals surface area contributed by atoms with E-state index in [1.807, 2.05) is 4.68 Å². The van der Waals surface area contributed by atoms with Gasteiger partial charge in [-0.15, -0.1) is 0 Å². The van der Waals surface area contributed by atoms with Crippen LogP contribution in [0.25, 0.3) is 0 Å². The van der Waals surface area contributed by atoms with E-state index in [0.717, 1.165) is 41.1 Å². The Hall–Kier alpha value is -0.800. The van der Waals surface area contributed by atoms with Crippen molar-refractivity contribution in [2.45, 2.75) is 46.1 Å². The van der Waals surface area contributed by atoms with Crippen LogP contribution in [0.3, 0.4) is 0 Å². The molecule has 0 saturated heterocycles. The van der Waals surface area contributed by atoms with Gasteiger partial charge in [-0.25, -0.2) is 0 Å². The molecule has 1 unspecified atom stereocenters. The lowest BCUT2D eigenvalue weighted by Gasteiger charge is -2.16. The lowest BCUT2D eigenvalue weighted by molar-refractivity contribution is 0.594. The van der Waals surface area contributed by atoms with Crippen molar-refractivity contribution < 1.29 is 0 Å². The summed E-state index contributed by atoms with van der Waals surface area (Å²) in [6.07, 6.45) is 1.79. The fraction of sp³-hybridized carbons (Fsp3) is 0.471. The maximum absolute atomic E-state index is 6.53. The molecule has 0 amide bonds. The van der Waals surface area contributed by atoms with Gasteiger partial charge < -0.3 is 0 Å². The summed E-state index contributed by atoms with van der Waals surface area (Å²) in [5.41, 5.74) is 4.81. The highest BCUT2D eigenvalue weighted by atomic mass is 79.9. The van der Waals surface area contributed by atoms with Crippen LogP contribution in [0.4, 0.5) is 0 Å². The Morgan fingerprint density at radius 2 is 2.10 bits per heavy atom. The Bertz CT molecular complexity index is 607. The van der Waals surface area contributed by atoms with Crippen molar-refractivity contribution in [3.05, 3.63) is 51.8 Å². The van der Waals surface area contributed by atoms with E-state index in [9.17, 15) is 0 Å². The first-order chi connectivity index (χ1) is 10.1. The van der Waals surface area contributed by atoms with Gasteiger partial charge in [0.1, 0.15) is 0 Å². The van der Waals surface area contributed by atoms with Gasteiger partial charge in [-0.1, -0.05) is 64.3 Å². The molecule has 1 aromatic heterocycles. The molecule has 0 aliphatic rings. The van der Waals surface area contributed by atoms with Crippen molar-refractivity contribution in [2.75, 3.05) is 5.33 Å². The molecule has 0 fully saturated rings. The zero-order valence-electron chi connectivity index (χ0n) is 12.9. The Morgan fingerprint density at radius 1 is 1.33 bits per heavy atom. The van der Waals surface area contributed by atoms with E-state index in [-0.39, 0.29) is 0 Å². The molecular weight excluding hydrogens is 348 g/mol. The molecule has 0 N–H and O–H groups in total. The fourth-order valence-corrected chi connectivity index (χ4v) is 3.58. The summed E-state index contributed by atoms with van der Waals surface area (Å²) in [7, 11) is 0. The molecule has 0 radical (unpaired) electrons. The van der Waals surface area contributed by atoms with E-state index in [1.165, 1.54) is 11.1 Å². The van der Waals surface area contributed by atoms with Crippen LogP contribution >= 0.6 is 27.5 Å². The maximum atomic E-state index is 6.53. The van der Waals surface area contributed by atoms with Crippen molar-refractivity contribution in [3.63, 3.8) is 0 Å². The quantitative estimate of drug-likeness (QED) is 0.644. The van der Waals surface area contributed by atoms with Gasteiger partial charge in [-0.3, -0.25) is 4.68 Å². The molecule has 2 aromatic rings. The van der Waals surface area contributed by atoms with Gasteiger partial charge in [0.25, 0.3) is 0 Å². The second-order valence-electron chi connectivity index (χ2n) is 5.35. The molecule has 21 heavy (non-hydrogen) atoms.